The molecule has 1 fully saturated rings. The highest BCUT2D eigenvalue weighted by Crippen LogP contribution is 2.16. The molecule has 4 heteroatoms. The minimum atomic E-state index is 0.767. The van der Waals surface area contributed by atoms with Gasteiger partial charge < -0.3 is 10.1 Å². The van der Waals surface area contributed by atoms with E-state index in [0.717, 1.165) is 37.6 Å². The quantitative estimate of drug-likeness (QED) is 0.817. The number of aromatic nitrogens is 1. The van der Waals surface area contributed by atoms with Gasteiger partial charge in [0, 0.05) is 31.0 Å². The predicted molar refractivity (Wildman–Crippen MR) is 77.4 cm³/mol. The topological polar surface area (TPSA) is 37.4 Å². The molecule has 0 bridgehead atoms. The van der Waals surface area contributed by atoms with Crippen LogP contribution >= 0.6 is 0 Å². The molecular weight excluding hydrogens is 238 g/mol. The maximum atomic E-state index is 5.92. The molecule has 1 aliphatic rings. The number of piperidine rings is 1. The lowest BCUT2D eigenvalue weighted by Crippen LogP contribution is -2.33. The molecule has 106 valence electrons. The molecule has 1 aromatic heterocycles. The summed E-state index contributed by atoms with van der Waals surface area (Å²) in [4.78, 5) is 6.66. The van der Waals surface area contributed by atoms with E-state index in [-0.39, 0.29) is 0 Å². The minimum Gasteiger partial charge on any atom is -0.492 e. The van der Waals surface area contributed by atoms with E-state index in [9.17, 15) is 0 Å². The Morgan fingerprint density at radius 2 is 2.16 bits per heavy atom. The summed E-state index contributed by atoms with van der Waals surface area (Å²) in [5.74, 6) is 0.966. The van der Waals surface area contributed by atoms with Gasteiger partial charge in [-0.25, -0.2) is 0 Å². The zero-order chi connectivity index (χ0) is 13.3. The van der Waals surface area contributed by atoms with Crippen molar-refractivity contribution in [2.75, 3.05) is 32.8 Å². The highest BCUT2D eigenvalue weighted by atomic mass is 16.5. The van der Waals surface area contributed by atoms with E-state index in [1.807, 2.05) is 12.3 Å². The Balaban J connectivity index is 1.77. The molecule has 0 atom stereocenters. The number of rotatable bonds is 7. The monoisotopic (exact) mass is 263 g/mol. The fourth-order valence-electron chi connectivity index (χ4n) is 2.42. The largest absolute Gasteiger partial charge is 0.492 e. The molecule has 0 saturated carbocycles. The normalized spacial score (nSPS) is 16.5. The number of ether oxygens (including phenoxy) is 1. The van der Waals surface area contributed by atoms with Crippen LogP contribution in [0.1, 0.15) is 31.7 Å². The van der Waals surface area contributed by atoms with Gasteiger partial charge in [-0.05, 0) is 38.5 Å². The van der Waals surface area contributed by atoms with Crippen LogP contribution in [0.5, 0.6) is 5.75 Å². The number of hydrogen-bond donors (Lipinski definition) is 1. The summed E-state index contributed by atoms with van der Waals surface area (Å²) < 4.78 is 5.92. The molecule has 2 heterocycles. The molecule has 1 aromatic rings. The molecule has 1 aliphatic heterocycles. The van der Waals surface area contributed by atoms with E-state index in [1.54, 1.807) is 6.20 Å². The van der Waals surface area contributed by atoms with Crippen molar-refractivity contribution in [2.45, 2.75) is 32.7 Å². The SMILES string of the molecule is CCNCc1cnccc1OCCN1CCCCC1. The molecule has 0 spiro atoms. The molecular formula is C15H25N3O. The van der Waals surface area contributed by atoms with Crippen LogP contribution in [-0.4, -0.2) is 42.7 Å². The lowest BCUT2D eigenvalue weighted by molar-refractivity contribution is 0.182. The molecule has 19 heavy (non-hydrogen) atoms. The van der Waals surface area contributed by atoms with E-state index in [4.69, 9.17) is 4.74 Å². The zero-order valence-corrected chi connectivity index (χ0v) is 11.9. The van der Waals surface area contributed by atoms with Crippen molar-refractivity contribution >= 4 is 0 Å². The van der Waals surface area contributed by atoms with Crippen molar-refractivity contribution in [2.24, 2.45) is 0 Å². The highest BCUT2D eigenvalue weighted by Gasteiger charge is 2.10. The lowest BCUT2D eigenvalue weighted by atomic mass is 10.1. The first-order valence-corrected chi connectivity index (χ1v) is 7.39. The predicted octanol–water partition coefficient (Wildman–Crippen LogP) is 2.06. The number of pyridine rings is 1. The summed E-state index contributed by atoms with van der Waals surface area (Å²) in [5, 5.41) is 3.31. The first-order valence-electron chi connectivity index (χ1n) is 7.39. The van der Waals surface area contributed by atoms with Crippen LogP contribution in [0.4, 0.5) is 0 Å². The molecule has 1 N–H and O–H groups in total. The number of likely N-dealkylation sites (tertiary alicyclic amines) is 1. The second-order valence-corrected chi connectivity index (χ2v) is 5.01. The second kappa shape index (κ2) is 8.12. The third kappa shape index (κ3) is 4.80. The Kier molecular flexibility index (Phi) is 6.11. The van der Waals surface area contributed by atoms with Gasteiger partial charge in [0.05, 0.1) is 0 Å². The third-order valence-electron chi connectivity index (χ3n) is 3.54. The Morgan fingerprint density at radius 3 is 2.95 bits per heavy atom. The van der Waals surface area contributed by atoms with Crippen LogP contribution in [-0.2, 0) is 6.54 Å². The Bertz CT molecular complexity index is 364. The summed E-state index contributed by atoms with van der Waals surface area (Å²) in [5.41, 5.74) is 1.14. The molecule has 1 saturated heterocycles. The fraction of sp³-hybridized carbons (Fsp3) is 0.667. The molecule has 0 aliphatic carbocycles. The summed E-state index contributed by atoms with van der Waals surface area (Å²) in [6.45, 7) is 8.14. The van der Waals surface area contributed by atoms with Crippen LogP contribution in [0.25, 0.3) is 0 Å². The van der Waals surface area contributed by atoms with Gasteiger partial charge >= 0.3 is 0 Å². The van der Waals surface area contributed by atoms with E-state index < -0.39 is 0 Å². The summed E-state index contributed by atoms with van der Waals surface area (Å²) in [6.07, 6.45) is 7.74. The van der Waals surface area contributed by atoms with E-state index in [1.165, 1.54) is 32.4 Å². The molecule has 0 radical (unpaired) electrons. The van der Waals surface area contributed by atoms with Crippen LogP contribution in [0.15, 0.2) is 18.5 Å². The van der Waals surface area contributed by atoms with Gasteiger partial charge in [-0.3, -0.25) is 9.88 Å². The van der Waals surface area contributed by atoms with Crippen LogP contribution in [0.2, 0.25) is 0 Å². The molecule has 0 amide bonds. The zero-order valence-electron chi connectivity index (χ0n) is 11.9. The van der Waals surface area contributed by atoms with Crippen LogP contribution in [0, 0.1) is 0 Å². The maximum Gasteiger partial charge on any atom is 0.126 e. The van der Waals surface area contributed by atoms with Crippen LogP contribution in [0.3, 0.4) is 0 Å². The number of nitrogens with zero attached hydrogens (tertiary/aromatic N) is 2. The van der Waals surface area contributed by atoms with Gasteiger partial charge in [0.1, 0.15) is 12.4 Å². The first kappa shape index (κ1) is 14.3. The second-order valence-electron chi connectivity index (χ2n) is 5.01. The van der Waals surface area contributed by atoms with E-state index in [2.05, 4.69) is 22.1 Å². The number of hydrogen-bond acceptors (Lipinski definition) is 4. The Hall–Kier alpha value is -1.13. The van der Waals surface area contributed by atoms with Crippen molar-refractivity contribution in [3.63, 3.8) is 0 Å². The van der Waals surface area contributed by atoms with Crippen molar-refractivity contribution < 1.29 is 4.74 Å². The summed E-state index contributed by atoms with van der Waals surface area (Å²) in [7, 11) is 0. The lowest BCUT2D eigenvalue weighted by Gasteiger charge is -2.26. The first-order chi connectivity index (χ1) is 9.40. The van der Waals surface area contributed by atoms with Crippen molar-refractivity contribution in [1.29, 1.82) is 0 Å². The molecule has 4 nitrogen and oxygen atoms in total. The van der Waals surface area contributed by atoms with Gasteiger partial charge in [-0.15, -0.1) is 0 Å². The van der Waals surface area contributed by atoms with Gasteiger partial charge in [0.15, 0.2) is 0 Å². The van der Waals surface area contributed by atoms with Crippen LogP contribution < -0.4 is 10.1 Å². The van der Waals surface area contributed by atoms with Gasteiger partial charge in [0.25, 0.3) is 0 Å². The maximum absolute atomic E-state index is 5.92. The Labute approximate surface area is 116 Å². The van der Waals surface area contributed by atoms with E-state index in [0.29, 0.717) is 0 Å². The molecule has 2 rings (SSSR count). The number of nitrogens with one attached hydrogen (secondary N) is 1. The van der Waals surface area contributed by atoms with Gasteiger partial charge in [0.2, 0.25) is 0 Å². The standard InChI is InChI=1S/C15H25N3O/c1-2-16-12-14-13-17-7-6-15(14)19-11-10-18-8-4-3-5-9-18/h6-7,13,16H,2-5,8-12H2,1H3. The molecule has 0 aromatic carbocycles. The third-order valence-corrected chi connectivity index (χ3v) is 3.54. The summed E-state index contributed by atoms with van der Waals surface area (Å²) >= 11 is 0. The smallest absolute Gasteiger partial charge is 0.126 e. The highest BCUT2D eigenvalue weighted by molar-refractivity contribution is 5.29. The summed E-state index contributed by atoms with van der Waals surface area (Å²) in [6, 6.07) is 1.96. The van der Waals surface area contributed by atoms with Gasteiger partial charge in [-0.2, -0.15) is 0 Å². The van der Waals surface area contributed by atoms with Crippen molar-refractivity contribution in [3.8, 4) is 5.75 Å². The average Bonchev–Trinajstić information content (AvgIpc) is 2.47. The fourth-order valence-corrected chi connectivity index (χ4v) is 2.42. The molecule has 0 unspecified atom stereocenters. The average molecular weight is 263 g/mol. The van der Waals surface area contributed by atoms with Gasteiger partial charge in [-0.1, -0.05) is 13.3 Å². The Morgan fingerprint density at radius 1 is 1.32 bits per heavy atom. The van der Waals surface area contributed by atoms with Crippen molar-refractivity contribution in [3.05, 3.63) is 24.0 Å². The minimum absolute atomic E-state index is 0.767. The van der Waals surface area contributed by atoms with E-state index >= 15 is 0 Å². The van der Waals surface area contributed by atoms with Crippen molar-refractivity contribution in [1.82, 2.24) is 15.2 Å².